The summed E-state index contributed by atoms with van der Waals surface area (Å²) in [7, 11) is -3.39. The SMILES string of the molecule is Cc1nc2cc(F)c(-c3nc(N[C@@H]4CCN(S(C)(=O)=O)C[C@H]4O)ncc3Cl)cc2n1C(C)C. The van der Waals surface area contributed by atoms with Crippen LogP contribution >= 0.6 is 11.6 Å². The number of β-amino-alcohol motifs (C(OH)–C–C–N with tert-alkyl or cyclic N) is 1. The molecule has 12 heteroatoms. The number of aliphatic hydroxyl groups excluding tert-OH is 1. The maximum Gasteiger partial charge on any atom is 0.223 e. The van der Waals surface area contributed by atoms with Crippen LogP contribution in [0.1, 0.15) is 32.1 Å². The minimum atomic E-state index is -3.39. The molecule has 0 saturated carbocycles. The van der Waals surface area contributed by atoms with E-state index in [-0.39, 0.29) is 41.4 Å². The molecule has 0 bridgehead atoms. The predicted molar refractivity (Wildman–Crippen MR) is 125 cm³/mol. The molecule has 2 atom stereocenters. The van der Waals surface area contributed by atoms with E-state index in [0.29, 0.717) is 11.9 Å². The number of sulfonamides is 1. The van der Waals surface area contributed by atoms with Crippen LogP contribution < -0.4 is 5.32 Å². The predicted octanol–water partition coefficient (Wildman–Crippen LogP) is 2.98. The zero-order valence-corrected chi connectivity index (χ0v) is 20.3. The lowest BCUT2D eigenvalue weighted by molar-refractivity contribution is 0.0950. The molecular formula is C21H26ClFN6O3S. The number of aryl methyl sites for hydroxylation is 1. The normalized spacial score (nSPS) is 20.0. The van der Waals surface area contributed by atoms with Crippen molar-refractivity contribution in [3.63, 3.8) is 0 Å². The third-order valence-electron chi connectivity index (χ3n) is 5.80. The number of rotatable bonds is 5. The maximum atomic E-state index is 15.0. The second-order valence-electron chi connectivity index (χ2n) is 8.56. The van der Waals surface area contributed by atoms with E-state index in [4.69, 9.17) is 11.6 Å². The van der Waals surface area contributed by atoms with Gasteiger partial charge in [-0.15, -0.1) is 0 Å². The number of benzene rings is 1. The van der Waals surface area contributed by atoms with Gasteiger partial charge in [-0.25, -0.2) is 27.8 Å². The van der Waals surface area contributed by atoms with Crippen LogP contribution in [0.5, 0.6) is 0 Å². The molecule has 3 heterocycles. The number of halogens is 2. The molecule has 2 aromatic heterocycles. The van der Waals surface area contributed by atoms with Gasteiger partial charge in [0.05, 0.1) is 46.3 Å². The number of aliphatic hydroxyl groups is 1. The third kappa shape index (κ3) is 4.68. The van der Waals surface area contributed by atoms with Crippen molar-refractivity contribution < 1.29 is 17.9 Å². The highest BCUT2D eigenvalue weighted by Crippen LogP contribution is 2.33. The summed E-state index contributed by atoms with van der Waals surface area (Å²) in [6.45, 7) is 6.16. The Balaban J connectivity index is 1.66. The highest BCUT2D eigenvalue weighted by Gasteiger charge is 2.32. The Morgan fingerprint density at radius 1 is 1.30 bits per heavy atom. The fourth-order valence-electron chi connectivity index (χ4n) is 4.23. The molecule has 1 aliphatic rings. The van der Waals surface area contributed by atoms with Crippen LogP contribution in [0, 0.1) is 12.7 Å². The van der Waals surface area contributed by atoms with Gasteiger partial charge in [0.1, 0.15) is 11.6 Å². The molecule has 0 spiro atoms. The maximum absolute atomic E-state index is 15.0. The van der Waals surface area contributed by atoms with E-state index in [1.807, 2.05) is 25.3 Å². The van der Waals surface area contributed by atoms with Crippen molar-refractivity contribution in [1.29, 1.82) is 0 Å². The highest BCUT2D eigenvalue weighted by atomic mass is 35.5. The number of aromatic nitrogens is 4. The van der Waals surface area contributed by atoms with E-state index in [2.05, 4.69) is 20.3 Å². The van der Waals surface area contributed by atoms with Crippen molar-refractivity contribution in [1.82, 2.24) is 23.8 Å². The van der Waals surface area contributed by atoms with Gasteiger partial charge in [-0.2, -0.15) is 4.31 Å². The van der Waals surface area contributed by atoms with Gasteiger partial charge in [0, 0.05) is 30.8 Å². The van der Waals surface area contributed by atoms with E-state index >= 15 is 4.39 Å². The summed E-state index contributed by atoms with van der Waals surface area (Å²) in [5.41, 5.74) is 1.75. The molecule has 4 rings (SSSR count). The Labute approximate surface area is 196 Å². The molecule has 0 unspecified atom stereocenters. The Kier molecular flexibility index (Phi) is 6.34. The van der Waals surface area contributed by atoms with Crippen molar-refractivity contribution in [3.05, 3.63) is 35.0 Å². The number of imidazole rings is 1. The Morgan fingerprint density at radius 2 is 2.03 bits per heavy atom. The van der Waals surface area contributed by atoms with Crippen LogP contribution in [0.15, 0.2) is 18.3 Å². The molecule has 178 valence electrons. The number of nitrogens with zero attached hydrogens (tertiary/aromatic N) is 5. The fraction of sp³-hybridized carbons (Fsp3) is 0.476. The lowest BCUT2D eigenvalue weighted by atomic mass is 10.0. The second kappa shape index (κ2) is 8.79. The number of anilines is 1. The van der Waals surface area contributed by atoms with E-state index in [9.17, 15) is 13.5 Å². The smallest absolute Gasteiger partial charge is 0.223 e. The summed E-state index contributed by atoms with van der Waals surface area (Å²) in [6.07, 6.45) is 1.90. The number of fused-ring (bicyclic) bond motifs is 1. The molecule has 33 heavy (non-hydrogen) atoms. The van der Waals surface area contributed by atoms with Gasteiger partial charge in [-0.1, -0.05) is 11.6 Å². The third-order valence-corrected chi connectivity index (χ3v) is 7.34. The number of hydrogen-bond acceptors (Lipinski definition) is 7. The standard InChI is InChI=1S/C21H26ClFN6O3S/c1-11(2)29-12(3)25-17-8-15(23)13(7-18(17)29)20-14(22)9-24-21(27-20)26-16-5-6-28(10-19(16)30)33(4,31)32/h7-9,11,16,19,30H,5-6,10H2,1-4H3,(H,24,26,27)/t16-,19-/m1/s1. The van der Waals surface area contributed by atoms with E-state index < -0.39 is 28.0 Å². The number of nitrogens with one attached hydrogen (secondary N) is 1. The van der Waals surface area contributed by atoms with Crippen LogP contribution in [0.4, 0.5) is 10.3 Å². The van der Waals surface area contributed by atoms with Crippen molar-refractivity contribution >= 4 is 38.6 Å². The van der Waals surface area contributed by atoms with Gasteiger partial charge < -0.3 is 15.0 Å². The summed E-state index contributed by atoms with van der Waals surface area (Å²) in [4.78, 5) is 13.0. The zero-order valence-electron chi connectivity index (χ0n) is 18.7. The van der Waals surface area contributed by atoms with Gasteiger partial charge in [-0.3, -0.25) is 0 Å². The summed E-state index contributed by atoms with van der Waals surface area (Å²) in [5.74, 6) is 0.436. The van der Waals surface area contributed by atoms with Crippen molar-refractivity contribution in [2.45, 2.75) is 45.4 Å². The van der Waals surface area contributed by atoms with Crippen LogP contribution in [0.3, 0.4) is 0 Å². The first kappa shape index (κ1) is 23.8. The zero-order chi connectivity index (χ0) is 24.1. The Morgan fingerprint density at radius 3 is 2.67 bits per heavy atom. The van der Waals surface area contributed by atoms with Crippen LogP contribution in [0.25, 0.3) is 22.3 Å². The summed E-state index contributed by atoms with van der Waals surface area (Å²) < 4.78 is 41.8. The average molecular weight is 497 g/mol. The van der Waals surface area contributed by atoms with Crippen LogP contribution in [-0.4, -0.2) is 68.8 Å². The van der Waals surface area contributed by atoms with E-state index in [0.717, 1.165) is 17.6 Å². The molecule has 0 amide bonds. The van der Waals surface area contributed by atoms with Crippen LogP contribution in [-0.2, 0) is 10.0 Å². The number of hydrogen-bond donors (Lipinski definition) is 2. The molecule has 1 fully saturated rings. The van der Waals surface area contributed by atoms with Crippen molar-refractivity contribution in [2.75, 3.05) is 24.7 Å². The monoisotopic (exact) mass is 496 g/mol. The Bertz CT molecular complexity index is 1310. The summed E-state index contributed by atoms with van der Waals surface area (Å²) in [6, 6.07) is 2.72. The first-order valence-electron chi connectivity index (χ1n) is 10.6. The van der Waals surface area contributed by atoms with Gasteiger partial charge in [0.2, 0.25) is 16.0 Å². The van der Waals surface area contributed by atoms with Gasteiger partial charge in [0.15, 0.2) is 0 Å². The highest BCUT2D eigenvalue weighted by molar-refractivity contribution is 7.88. The summed E-state index contributed by atoms with van der Waals surface area (Å²) >= 11 is 6.34. The van der Waals surface area contributed by atoms with Gasteiger partial charge in [0.25, 0.3) is 0 Å². The molecule has 1 aromatic carbocycles. The molecule has 0 radical (unpaired) electrons. The quantitative estimate of drug-likeness (QED) is 0.558. The minimum absolute atomic E-state index is 0.0270. The first-order valence-corrected chi connectivity index (χ1v) is 12.8. The minimum Gasteiger partial charge on any atom is -0.390 e. The van der Waals surface area contributed by atoms with Crippen LogP contribution in [0.2, 0.25) is 5.02 Å². The lowest BCUT2D eigenvalue weighted by Crippen LogP contribution is -2.51. The molecule has 1 aliphatic heterocycles. The molecule has 3 aromatic rings. The molecular weight excluding hydrogens is 471 g/mol. The van der Waals surface area contributed by atoms with Crippen molar-refractivity contribution in [2.24, 2.45) is 0 Å². The first-order chi connectivity index (χ1) is 15.5. The summed E-state index contributed by atoms with van der Waals surface area (Å²) in [5, 5.41) is 13.6. The average Bonchev–Trinajstić information content (AvgIpc) is 3.04. The topological polar surface area (TPSA) is 113 Å². The van der Waals surface area contributed by atoms with Gasteiger partial charge >= 0.3 is 0 Å². The largest absolute Gasteiger partial charge is 0.390 e. The molecule has 9 nitrogen and oxygen atoms in total. The fourth-order valence-corrected chi connectivity index (χ4v) is 5.29. The molecule has 1 saturated heterocycles. The lowest BCUT2D eigenvalue weighted by Gasteiger charge is -2.34. The molecule has 0 aliphatic carbocycles. The molecule has 2 N–H and O–H groups in total. The van der Waals surface area contributed by atoms with E-state index in [1.165, 1.54) is 16.6 Å². The van der Waals surface area contributed by atoms with E-state index in [1.54, 1.807) is 6.07 Å². The Hall–Kier alpha value is -2.34. The second-order valence-corrected chi connectivity index (χ2v) is 11.0. The van der Waals surface area contributed by atoms with Crippen molar-refractivity contribution in [3.8, 4) is 11.3 Å². The van der Waals surface area contributed by atoms with Gasteiger partial charge in [-0.05, 0) is 33.3 Å². The number of piperidine rings is 1.